The third-order valence-electron chi connectivity index (χ3n) is 6.94. The number of amides is 1. The Balaban J connectivity index is 1.31. The maximum Gasteiger partial charge on any atom is 0.415 e. The molecule has 1 amide bonds. The molecule has 1 aliphatic carbocycles. The largest absolute Gasteiger partial charge is 0.438 e. The van der Waals surface area contributed by atoms with Gasteiger partial charge in [0.15, 0.2) is 0 Å². The number of halogens is 2. The van der Waals surface area contributed by atoms with Crippen molar-refractivity contribution in [3.63, 3.8) is 0 Å². The quantitative estimate of drug-likeness (QED) is 0.292. The van der Waals surface area contributed by atoms with E-state index in [4.69, 9.17) is 32.7 Å². The number of hydrogen-bond acceptors (Lipinski definition) is 5. The van der Waals surface area contributed by atoms with Crippen molar-refractivity contribution in [1.82, 2.24) is 19.9 Å². The fraction of sp³-hybridized carbons (Fsp3) is 0.207. The molecule has 0 bridgehead atoms. The van der Waals surface area contributed by atoms with Gasteiger partial charge in [0.2, 0.25) is 5.88 Å². The van der Waals surface area contributed by atoms with Gasteiger partial charge in [0.1, 0.15) is 11.5 Å². The molecular formula is C29H24Cl2N4O3. The van der Waals surface area contributed by atoms with Gasteiger partial charge >= 0.3 is 6.09 Å². The Bertz CT molecular complexity index is 1580. The van der Waals surface area contributed by atoms with E-state index in [0.29, 0.717) is 52.5 Å². The van der Waals surface area contributed by atoms with Gasteiger partial charge in [0.05, 0.1) is 11.7 Å². The second kappa shape index (κ2) is 10.2. The van der Waals surface area contributed by atoms with Crippen molar-refractivity contribution in [3.05, 3.63) is 106 Å². The second-order valence-corrected chi connectivity index (χ2v) is 10.2. The molecule has 2 aliphatic rings. The molecule has 0 fully saturated rings. The molecule has 0 radical (unpaired) electrons. The molecule has 1 aliphatic heterocycles. The van der Waals surface area contributed by atoms with Gasteiger partial charge in [0, 0.05) is 51.5 Å². The second-order valence-electron chi connectivity index (χ2n) is 9.33. The van der Waals surface area contributed by atoms with Crippen molar-refractivity contribution in [2.24, 2.45) is 5.92 Å². The van der Waals surface area contributed by atoms with Crippen molar-refractivity contribution in [1.29, 1.82) is 0 Å². The van der Waals surface area contributed by atoms with Crippen molar-refractivity contribution in [2.75, 3.05) is 6.54 Å². The first-order valence-electron chi connectivity index (χ1n) is 12.3. The molecule has 2 aromatic heterocycles. The summed E-state index contributed by atoms with van der Waals surface area (Å²) in [5, 5.41) is 2.35. The van der Waals surface area contributed by atoms with E-state index in [1.807, 2.05) is 37.3 Å². The van der Waals surface area contributed by atoms with E-state index >= 15 is 0 Å². The number of carbonyl (C=O) groups excluding carboxylic acids is 1. The van der Waals surface area contributed by atoms with E-state index in [0.717, 1.165) is 16.6 Å². The number of fused-ring (bicyclic) bond motifs is 3. The van der Waals surface area contributed by atoms with Gasteiger partial charge < -0.3 is 14.5 Å². The Morgan fingerprint density at radius 1 is 1.08 bits per heavy atom. The van der Waals surface area contributed by atoms with Crippen LogP contribution in [0.5, 0.6) is 11.6 Å². The first kappa shape index (κ1) is 24.5. The van der Waals surface area contributed by atoms with Crippen LogP contribution in [-0.2, 0) is 6.42 Å². The zero-order valence-electron chi connectivity index (χ0n) is 20.5. The lowest BCUT2D eigenvalue weighted by atomic mass is 9.84. The number of aryl methyl sites for hydroxylation is 1. The zero-order valence-corrected chi connectivity index (χ0v) is 22.0. The molecule has 1 N–H and O–H groups in total. The summed E-state index contributed by atoms with van der Waals surface area (Å²) in [7, 11) is 0. The lowest BCUT2D eigenvalue weighted by Crippen LogP contribution is -2.44. The number of aromatic amines is 1. The summed E-state index contributed by atoms with van der Waals surface area (Å²) in [6.45, 7) is 2.37. The molecule has 6 rings (SSSR count). The normalized spacial score (nSPS) is 18.7. The van der Waals surface area contributed by atoms with E-state index in [1.165, 1.54) is 5.56 Å². The van der Waals surface area contributed by atoms with Crippen LogP contribution in [0, 0.1) is 12.8 Å². The van der Waals surface area contributed by atoms with Gasteiger partial charge in [-0.2, -0.15) is 0 Å². The topological polar surface area (TPSA) is 80.3 Å². The van der Waals surface area contributed by atoms with Crippen molar-refractivity contribution >= 4 is 40.2 Å². The Kier molecular flexibility index (Phi) is 6.55. The van der Waals surface area contributed by atoms with Gasteiger partial charge in [-0.3, -0.25) is 9.88 Å². The van der Waals surface area contributed by atoms with E-state index in [1.54, 1.807) is 41.6 Å². The summed E-state index contributed by atoms with van der Waals surface area (Å²) in [5.41, 5.74) is 3.89. The van der Waals surface area contributed by atoms with Gasteiger partial charge in [-0.1, -0.05) is 29.3 Å². The smallest absolute Gasteiger partial charge is 0.415 e. The monoisotopic (exact) mass is 546 g/mol. The first-order valence-corrected chi connectivity index (χ1v) is 13.1. The highest BCUT2D eigenvalue weighted by Gasteiger charge is 2.39. The van der Waals surface area contributed by atoms with Crippen molar-refractivity contribution < 1.29 is 14.3 Å². The molecule has 0 saturated heterocycles. The number of ether oxygens (including phenoxy) is 2. The summed E-state index contributed by atoms with van der Waals surface area (Å²) in [6.07, 6.45) is 10.2. The van der Waals surface area contributed by atoms with Crippen molar-refractivity contribution in [3.8, 4) is 11.6 Å². The third kappa shape index (κ3) is 4.75. The molecule has 7 nitrogen and oxygen atoms in total. The SMILES string of the molecule is Cc1nccnc1OC1=CCC(C2c3[nH]c4ccc(Cl)cc4c3CCN2C(=O)Oc2ccc(Cl)cc2)C=C1. The fourth-order valence-corrected chi connectivity index (χ4v) is 5.43. The molecule has 0 saturated carbocycles. The number of H-pyrrole nitrogens is 1. The number of hydrogen-bond donors (Lipinski definition) is 1. The lowest BCUT2D eigenvalue weighted by Gasteiger charge is -2.39. The maximum atomic E-state index is 13.5. The number of carbonyl (C=O) groups is 1. The average molecular weight is 547 g/mol. The van der Waals surface area contributed by atoms with E-state index in [-0.39, 0.29) is 12.0 Å². The van der Waals surface area contributed by atoms with Crippen LogP contribution in [0.25, 0.3) is 10.9 Å². The molecule has 192 valence electrons. The number of nitrogens with one attached hydrogen (secondary N) is 1. The molecule has 38 heavy (non-hydrogen) atoms. The number of allylic oxidation sites excluding steroid dienone is 2. The van der Waals surface area contributed by atoms with E-state index in [9.17, 15) is 4.79 Å². The Morgan fingerprint density at radius 3 is 2.63 bits per heavy atom. The van der Waals surface area contributed by atoms with Crippen LogP contribution in [0.4, 0.5) is 4.79 Å². The predicted octanol–water partition coefficient (Wildman–Crippen LogP) is 7.21. The minimum absolute atomic E-state index is 0.00865. The maximum absolute atomic E-state index is 13.5. The molecule has 2 atom stereocenters. The highest BCUT2D eigenvalue weighted by molar-refractivity contribution is 6.31. The number of benzene rings is 2. The Hall–Kier alpha value is -3.81. The molecule has 9 heteroatoms. The minimum atomic E-state index is -0.408. The van der Waals surface area contributed by atoms with Crippen LogP contribution < -0.4 is 9.47 Å². The Morgan fingerprint density at radius 2 is 1.87 bits per heavy atom. The number of aromatic nitrogens is 3. The number of rotatable bonds is 4. The van der Waals surface area contributed by atoms with Crippen LogP contribution in [0.15, 0.2) is 78.8 Å². The van der Waals surface area contributed by atoms with Gasteiger partial charge in [-0.25, -0.2) is 9.78 Å². The summed E-state index contributed by atoms with van der Waals surface area (Å²) in [4.78, 5) is 27.4. The van der Waals surface area contributed by atoms with Gasteiger partial charge in [0.25, 0.3) is 0 Å². The molecule has 3 heterocycles. The van der Waals surface area contributed by atoms with E-state index in [2.05, 4.69) is 21.0 Å². The average Bonchev–Trinajstić information content (AvgIpc) is 3.29. The molecule has 2 aromatic carbocycles. The highest BCUT2D eigenvalue weighted by Crippen LogP contribution is 2.42. The first-order chi connectivity index (χ1) is 18.5. The molecular weight excluding hydrogens is 523 g/mol. The molecule has 4 aromatic rings. The van der Waals surface area contributed by atoms with Crippen LogP contribution >= 0.6 is 23.2 Å². The Labute approximate surface area is 229 Å². The minimum Gasteiger partial charge on any atom is -0.438 e. The summed E-state index contributed by atoms with van der Waals surface area (Å²) in [5.74, 6) is 1.61. The van der Waals surface area contributed by atoms with Gasteiger partial charge in [-0.15, -0.1) is 0 Å². The summed E-state index contributed by atoms with van der Waals surface area (Å²) >= 11 is 12.3. The van der Waals surface area contributed by atoms with Crippen molar-refractivity contribution in [2.45, 2.75) is 25.8 Å². The van der Waals surface area contributed by atoms with Crippen LogP contribution in [0.3, 0.4) is 0 Å². The number of nitrogens with zero attached hydrogens (tertiary/aromatic N) is 3. The van der Waals surface area contributed by atoms with E-state index < -0.39 is 6.09 Å². The zero-order chi connectivity index (χ0) is 26.2. The predicted molar refractivity (Wildman–Crippen MR) is 147 cm³/mol. The molecule has 0 spiro atoms. The molecule has 2 unspecified atom stereocenters. The fourth-order valence-electron chi connectivity index (χ4n) is 5.14. The summed E-state index contributed by atoms with van der Waals surface area (Å²) < 4.78 is 11.7. The lowest BCUT2D eigenvalue weighted by molar-refractivity contribution is 0.111. The van der Waals surface area contributed by atoms with Crippen LogP contribution in [-0.4, -0.2) is 32.5 Å². The van der Waals surface area contributed by atoms with Crippen LogP contribution in [0.1, 0.15) is 29.4 Å². The van der Waals surface area contributed by atoms with Crippen LogP contribution in [0.2, 0.25) is 10.0 Å². The summed E-state index contributed by atoms with van der Waals surface area (Å²) in [6, 6.07) is 12.4. The van der Waals surface area contributed by atoms with Gasteiger partial charge in [-0.05, 0) is 79.9 Å². The third-order valence-corrected chi connectivity index (χ3v) is 7.43. The standard InChI is InChI=1S/C29H24Cl2N4O3/c1-17-28(33-14-13-32-17)37-21-7-2-18(3-8-21)27-26-23(24-16-20(31)6-11-25(24)34-26)12-15-35(27)29(36)38-22-9-4-19(30)5-10-22/h2,4-11,13-14,16,18,27,34H,3,12,15H2,1H3. The highest BCUT2D eigenvalue weighted by atomic mass is 35.5.